The van der Waals surface area contributed by atoms with Crippen LogP contribution in [-0.2, 0) is 0 Å². The van der Waals surface area contributed by atoms with Gasteiger partial charge in [0.25, 0.3) is 5.13 Å². The average molecular weight is 217 g/mol. The molecular weight excluding hydrogens is 214 g/mol. The third-order valence-corrected chi connectivity index (χ3v) is 1.35. The highest BCUT2D eigenvalue weighted by molar-refractivity contribution is 6.25. The second-order valence-electron chi connectivity index (χ2n) is 1.80. The van der Waals surface area contributed by atoms with Gasteiger partial charge in [-0.1, -0.05) is 23.2 Å². The van der Waals surface area contributed by atoms with E-state index < -0.39 is 23.4 Å². The molecule has 0 aliphatic carbocycles. The molecule has 0 aliphatic heterocycles. The Bertz CT molecular complexity index is 129. The topological polar surface area (TPSA) is 0 Å². The van der Waals surface area contributed by atoms with E-state index in [2.05, 4.69) is 23.2 Å². The molecular formula is C4H3Cl2F5. The molecule has 0 bridgehead atoms. The summed E-state index contributed by atoms with van der Waals surface area (Å²) in [5.74, 6) is 0. The molecule has 0 aromatic carbocycles. The number of alkyl halides is 7. The highest BCUT2D eigenvalue weighted by Gasteiger charge is 2.55. The lowest BCUT2D eigenvalue weighted by Gasteiger charge is -2.20. The van der Waals surface area contributed by atoms with Crippen LogP contribution in [0.15, 0.2) is 0 Å². The first-order valence-electron chi connectivity index (χ1n) is 2.39. The van der Waals surface area contributed by atoms with Gasteiger partial charge in [-0.25, -0.2) is 8.78 Å². The van der Waals surface area contributed by atoms with Crippen molar-refractivity contribution in [2.45, 2.75) is 23.4 Å². The molecule has 0 aliphatic rings. The van der Waals surface area contributed by atoms with Crippen LogP contribution in [0.2, 0.25) is 0 Å². The van der Waals surface area contributed by atoms with Gasteiger partial charge in [-0.3, -0.25) is 0 Å². The Hall–Kier alpha value is 0.230. The standard InChI is InChI=1S/C4H3Cl2F5/c5-2(7)1-3(6,8)4(9,10)11/h2H,1H2. The lowest BCUT2D eigenvalue weighted by atomic mass is 10.3. The summed E-state index contributed by atoms with van der Waals surface area (Å²) in [6.07, 6.45) is -6.91. The Balaban J connectivity index is 4.22. The Labute approximate surface area is 69.3 Å². The molecule has 11 heavy (non-hydrogen) atoms. The normalized spacial score (nSPS) is 21.0. The van der Waals surface area contributed by atoms with Crippen molar-refractivity contribution in [1.82, 2.24) is 0 Å². The van der Waals surface area contributed by atoms with Gasteiger partial charge in [0.1, 0.15) is 0 Å². The molecule has 0 fully saturated rings. The molecule has 0 saturated carbocycles. The highest BCUT2D eigenvalue weighted by Crippen LogP contribution is 2.41. The van der Waals surface area contributed by atoms with E-state index in [1.165, 1.54) is 0 Å². The molecule has 0 nitrogen and oxygen atoms in total. The van der Waals surface area contributed by atoms with Crippen molar-refractivity contribution in [1.29, 1.82) is 0 Å². The smallest absolute Gasteiger partial charge is 0.230 e. The van der Waals surface area contributed by atoms with E-state index >= 15 is 0 Å². The van der Waals surface area contributed by atoms with Crippen LogP contribution in [0, 0.1) is 0 Å². The summed E-state index contributed by atoms with van der Waals surface area (Å²) in [6.45, 7) is 0. The quantitative estimate of drug-likeness (QED) is 0.491. The molecule has 0 N–H and O–H groups in total. The van der Waals surface area contributed by atoms with E-state index in [0.717, 1.165) is 0 Å². The monoisotopic (exact) mass is 216 g/mol. The van der Waals surface area contributed by atoms with E-state index in [1.807, 2.05) is 0 Å². The Kier molecular flexibility index (Phi) is 3.38. The minimum absolute atomic E-state index is 1.61. The van der Waals surface area contributed by atoms with Crippen molar-refractivity contribution >= 4 is 23.2 Å². The second kappa shape index (κ2) is 3.31. The van der Waals surface area contributed by atoms with Crippen molar-refractivity contribution in [2.24, 2.45) is 0 Å². The van der Waals surface area contributed by atoms with Gasteiger partial charge >= 0.3 is 6.18 Å². The first-order chi connectivity index (χ1) is 4.67. The lowest BCUT2D eigenvalue weighted by Crippen LogP contribution is -2.36. The minimum atomic E-state index is -5.30. The minimum Gasteiger partial charge on any atom is -0.230 e. The molecule has 2 unspecified atom stereocenters. The maximum atomic E-state index is 12.2. The highest BCUT2D eigenvalue weighted by atomic mass is 35.5. The fourth-order valence-corrected chi connectivity index (χ4v) is 0.737. The molecule has 2 atom stereocenters. The number of halogens is 7. The third-order valence-electron chi connectivity index (χ3n) is 0.825. The van der Waals surface area contributed by atoms with E-state index in [0.29, 0.717) is 0 Å². The second-order valence-corrected chi connectivity index (χ2v) is 2.87. The third kappa shape index (κ3) is 3.42. The molecule has 0 spiro atoms. The predicted octanol–water partition coefficient (Wildman–Crippen LogP) is 3.38. The maximum Gasteiger partial charge on any atom is 0.437 e. The van der Waals surface area contributed by atoms with Crippen molar-refractivity contribution in [2.75, 3.05) is 0 Å². The zero-order valence-electron chi connectivity index (χ0n) is 4.93. The Morgan fingerprint density at radius 2 is 1.55 bits per heavy atom. The first kappa shape index (κ1) is 11.2. The lowest BCUT2D eigenvalue weighted by molar-refractivity contribution is -0.201. The summed E-state index contributed by atoms with van der Waals surface area (Å²) >= 11 is 8.77. The summed E-state index contributed by atoms with van der Waals surface area (Å²) in [6, 6.07) is 0. The average Bonchev–Trinajstić information content (AvgIpc) is 1.56. The summed E-state index contributed by atoms with van der Waals surface area (Å²) in [5, 5.41) is -4.08. The molecule has 0 radical (unpaired) electrons. The van der Waals surface area contributed by atoms with Crippen molar-refractivity contribution in [3.63, 3.8) is 0 Å². The van der Waals surface area contributed by atoms with Crippen LogP contribution >= 0.6 is 23.2 Å². The molecule has 0 aromatic heterocycles. The molecule has 0 heterocycles. The molecule has 0 rings (SSSR count). The van der Waals surface area contributed by atoms with Crippen molar-refractivity contribution < 1.29 is 22.0 Å². The van der Waals surface area contributed by atoms with Gasteiger partial charge in [0.05, 0.1) is 6.42 Å². The molecule has 0 amide bonds. The van der Waals surface area contributed by atoms with Crippen LogP contribution in [-0.4, -0.2) is 16.9 Å². The first-order valence-corrected chi connectivity index (χ1v) is 3.21. The van der Waals surface area contributed by atoms with Gasteiger partial charge in [-0.2, -0.15) is 13.2 Å². The molecule has 68 valence electrons. The van der Waals surface area contributed by atoms with Crippen LogP contribution < -0.4 is 0 Å². The van der Waals surface area contributed by atoms with Gasteiger partial charge < -0.3 is 0 Å². The van der Waals surface area contributed by atoms with Crippen LogP contribution in [0.4, 0.5) is 22.0 Å². The molecule has 0 saturated heterocycles. The van der Waals surface area contributed by atoms with Crippen LogP contribution in [0.25, 0.3) is 0 Å². The zero-order chi connectivity index (χ0) is 9.28. The van der Waals surface area contributed by atoms with Crippen molar-refractivity contribution in [3.05, 3.63) is 0 Å². The van der Waals surface area contributed by atoms with Gasteiger partial charge in [0.2, 0.25) is 0 Å². The van der Waals surface area contributed by atoms with Gasteiger partial charge in [-0.15, -0.1) is 0 Å². The Morgan fingerprint density at radius 3 is 1.64 bits per heavy atom. The predicted molar refractivity (Wildman–Crippen MR) is 31.1 cm³/mol. The van der Waals surface area contributed by atoms with E-state index in [9.17, 15) is 22.0 Å². The Morgan fingerprint density at radius 1 is 1.18 bits per heavy atom. The SMILES string of the molecule is FC(Cl)CC(F)(Cl)C(F)(F)F. The van der Waals surface area contributed by atoms with Crippen LogP contribution in [0.3, 0.4) is 0 Å². The van der Waals surface area contributed by atoms with E-state index in [1.54, 1.807) is 0 Å². The van der Waals surface area contributed by atoms with E-state index in [4.69, 9.17) is 0 Å². The summed E-state index contributed by atoms with van der Waals surface area (Å²) in [5.41, 5.74) is -2.45. The van der Waals surface area contributed by atoms with Gasteiger partial charge in [0, 0.05) is 0 Å². The molecule has 7 heteroatoms. The number of rotatable bonds is 2. The number of hydrogen-bond donors (Lipinski definition) is 0. The zero-order valence-corrected chi connectivity index (χ0v) is 6.44. The van der Waals surface area contributed by atoms with Gasteiger partial charge in [-0.05, 0) is 0 Å². The van der Waals surface area contributed by atoms with Crippen LogP contribution in [0.1, 0.15) is 6.42 Å². The maximum absolute atomic E-state index is 12.2. The van der Waals surface area contributed by atoms with Crippen molar-refractivity contribution in [3.8, 4) is 0 Å². The summed E-state index contributed by atoms with van der Waals surface area (Å²) < 4.78 is 58.2. The number of hydrogen-bond acceptors (Lipinski definition) is 0. The fraction of sp³-hybridized carbons (Fsp3) is 1.00. The van der Waals surface area contributed by atoms with E-state index in [-0.39, 0.29) is 0 Å². The summed E-state index contributed by atoms with van der Waals surface area (Å²) in [4.78, 5) is 0. The summed E-state index contributed by atoms with van der Waals surface area (Å²) in [7, 11) is 0. The fourth-order valence-electron chi connectivity index (χ4n) is 0.310. The largest absolute Gasteiger partial charge is 0.437 e. The molecule has 0 aromatic rings. The van der Waals surface area contributed by atoms with Crippen LogP contribution in [0.5, 0.6) is 0 Å². The van der Waals surface area contributed by atoms with Gasteiger partial charge in [0.15, 0.2) is 5.63 Å².